The summed E-state index contributed by atoms with van der Waals surface area (Å²) in [6, 6.07) is 10.3. The molecule has 0 aliphatic carbocycles. The van der Waals surface area contributed by atoms with Gasteiger partial charge in [-0.3, -0.25) is 4.79 Å². The maximum absolute atomic E-state index is 13.1. The summed E-state index contributed by atoms with van der Waals surface area (Å²) in [5, 5.41) is 3.98. The second kappa shape index (κ2) is 8.99. The van der Waals surface area contributed by atoms with Gasteiger partial charge in [0, 0.05) is 22.7 Å². The molecule has 1 N–H and O–H groups in total. The summed E-state index contributed by atoms with van der Waals surface area (Å²) < 4.78 is 39.3. The molecule has 0 amide bonds. The number of fused-ring (bicyclic) bond motifs is 1. The molecule has 1 aromatic carbocycles. The van der Waals surface area contributed by atoms with Crippen LogP contribution in [0.4, 0.5) is 13.2 Å². The van der Waals surface area contributed by atoms with Gasteiger partial charge >= 0.3 is 6.18 Å². The van der Waals surface area contributed by atoms with Gasteiger partial charge in [-0.2, -0.15) is 13.2 Å². The lowest BCUT2D eigenvalue weighted by molar-refractivity contribution is -0.145. The molecule has 10 heteroatoms. The van der Waals surface area contributed by atoms with E-state index in [-0.39, 0.29) is 34.5 Å². The van der Waals surface area contributed by atoms with Crippen molar-refractivity contribution in [2.45, 2.75) is 23.5 Å². The molecule has 0 bridgehead atoms. The molecule has 0 saturated carbocycles. The largest absolute Gasteiger partial charge is 0.451 e. The van der Waals surface area contributed by atoms with E-state index in [0.717, 1.165) is 31.3 Å². The van der Waals surface area contributed by atoms with Crippen molar-refractivity contribution in [3.05, 3.63) is 52.0 Å². The number of nitrogens with zero attached hydrogens (tertiary/aromatic N) is 2. The van der Waals surface area contributed by atoms with Gasteiger partial charge in [0.2, 0.25) is 5.82 Å². The first-order valence-corrected chi connectivity index (χ1v) is 10.5. The molecule has 1 fully saturated rings. The van der Waals surface area contributed by atoms with Gasteiger partial charge < -0.3 is 5.32 Å². The van der Waals surface area contributed by atoms with Crippen LogP contribution in [0.1, 0.15) is 32.7 Å². The second-order valence-electron chi connectivity index (χ2n) is 6.47. The number of halogens is 4. The first kappa shape index (κ1) is 22.0. The van der Waals surface area contributed by atoms with Crippen molar-refractivity contribution < 1.29 is 18.0 Å². The quantitative estimate of drug-likeness (QED) is 0.323. The monoisotopic (exact) mass is 459 g/mol. The highest BCUT2D eigenvalue weighted by atomic mass is 35.5. The molecule has 4 rings (SSSR count). The highest BCUT2D eigenvalue weighted by molar-refractivity contribution is 8.00. The Hall–Kier alpha value is -1.68. The third-order valence-corrected chi connectivity index (χ3v) is 6.81. The van der Waals surface area contributed by atoms with Crippen molar-refractivity contribution in [1.82, 2.24) is 15.3 Å². The molecule has 1 aliphatic heterocycles. The molecule has 3 heterocycles. The predicted molar refractivity (Wildman–Crippen MR) is 111 cm³/mol. The molecule has 3 aromatic rings. The van der Waals surface area contributed by atoms with E-state index in [1.54, 1.807) is 24.3 Å². The third-order valence-electron chi connectivity index (χ3n) is 4.53. The number of hydrogen-bond acceptors (Lipinski definition) is 6. The van der Waals surface area contributed by atoms with Gasteiger partial charge in [-0.1, -0.05) is 30.0 Å². The van der Waals surface area contributed by atoms with Crippen molar-refractivity contribution in [2.24, 2.45) is 0 Å². The SMILES string of the molecule is Cl.O=C(CSc1nc(C(F)(F)F)nc2ccccc12)c1ccc(C2CCNC2)s1. The number of thioether (sulfide) groups is 1. The minimum Gasteiger partial charge on any atom is -0.316 e. The molecule has 1 atom stereocenters. The number of rotatable bonds is 5. The van der Waals surface area contributed by atoms with E-state index >= 15 is 0 Å². The summed E-state index contributed by atoms with van der Waals surface area (Å²) in [6.07, 6.45) is -3.59. The molecule has 154 valence electrons. The Morgan fingerprint density at radius 3 is 2.72 bits per heavy atom. The Morgan fingerprint density at radius 2 is 2.00 bits per heavy atom. The predicted octanol–water partition coefficient (Wildman–Crippen LogP) is 5.18. The number of hydrogen-bond donors (Lipinski definition) is 1. The number of benzene rings is 1. The first-order chi connectivity index (χ1) is 13.4. The first-order valence-electron chi connectivity index (χ1n) is 8.72. The van der Waals surface area contributed by atoms with Crippen LogP contribution in [0.3, 0.4) is 0 Å². The lowest BCUT2D eigenvalue weighted by atomic mass is 10.1. The molecule has 4 nitrogen and oxygen atoms in total. The minimum absolute atomic E-state index is 0. The van der Waals surface area contributed by atoms with Gasteiger partial charge in [0.1, 0.15) is 5.03 Å². The van der Waals surface area contributed by atoms with Crippen LogP contribution in [0.15, 0.2) is 41.4 Å². The highest BCUT2D eigenvalue weighted by Gasteiger charge is 2.35. The number of aromatic nitrogens is 2. The Morgan fingerprint density at radius 1 is 1.21 bits per heavy atom. The summed E-state index contributed by atoms with van der Waals surface area (Å²) in [6.45, 7) is 1.89. The maximum atomic E-state index is 13.1. The number of Topliss-reactive ketones (excluding diaryl/α,β-unsaturated/α-hetero) is 1. The van der Waals surface area contributed by atoms with Crippen LogP contribution in [-0.4, -0.2) is 34.6 Å². The zero-order chi connectivity index (χ0) is 19.7. The molecule has 1 saturated heterocycles. The van der Waals surface area contributed by atoms with E-state index in [1.165, 1.54) is 22.3 Å². The van der Waals surface area contributed by atoms with E-state index in [4.69, 9.17) is 0 Å². The Kier molecular flexibility index (Phi) is 6.83. The number of nitrogens with one attached hydrogen (secondary N) is 1. The zero-order valence-corrected chi connectivity index (χ0v) is 17.5. The van der Waals surface area contributed by atoms with Gasteiger partial charge in [0.05, 0.1) is 16.1 Å². The van der Waals surface area contributed by atoms with Crippen molar-refractivity contribution in [3.63, 3.8) is 0 Å². The van der Waals surface area contributed by atoms with E-state index in [1.807, 2.05) is 6.07 Å². The molecule has 0 spiro atoms. The average Bonchev–Trinajstić information content (AvgIpc) is 3.36. The highest BCUT2D eigenvalue weighted by Crippen LogP contribution is 2.33. The Balaban J connectivity index is 0.00000240. The molecular formula is C19H17ClF3N3OS2. The molecule has 2 aromatic heterocycles. The van der Waals surface area contributed by atoms with Crippen LogP contribution in [0.5, 0.6) is 0 Å². The normalized spacial score (nSPS) is 16.7. The lowest BCUT2D eigenvalue weighted by Gasteiger charge is -2.10. The summed E-state index contributed by atoms with van der Waals surface area (Å²) in [4.78, 5) is 21.6. The summed E-state index contributed by atoms with van der Waals surface area (Å²) in [5.41, 5.74) is 0.215. The van der Waals surface area contributed by atoms with Crippen LogP contribution in [0, 0.1) is 0 Å². The Labute approximate surface area is 179 Å². The van der Waals surface area contributed by atoms with Gasteiger partial charge in [0.15, 0.2) is 5.78 Å². The van der Waals surface area contributed by atoms with Gasteiger partial charge in [0.25, 0.3) is 0 Å². The standard InChI is InChI=1S/C19H16F3N3OS2.ClH/c20-19(21,22)18-24-13-4-2-1-3-12(13)17(25-18)27-10-14(26)16-6-5-15(28-16)11-7-8-23-9-11;/h1-6,11,23H,7-10H2;1H. The van der Waals surface area contributed by atoms with E-state index < -0.39 is 12.0 Å². The molecule has 1 aliphatic rings. The van der Waals surface area contributed by atoms with Crippen molar-refractivity contribution >= 4 is 52.2 Å². The van der Waals surface area contributed by atoms with Gasteiger partial charge in [-0.05, 0) is 31.2 Å². The van der Waals surface area contributed by atoms with Crippen LogP contribution >= 0.6 is 35.5 Å². The third kappa shape index (κ3) is 4.91. The van der Waals surface area contributed by atoms with Crippen molar-refractivity contribution in [1.29, 1.82) is 0 Å². The minimum atomic E-state index is -4.64. The number of carbonyl (C=O) groups is 1. The van der Waals surface area contributed by atoms with Crippen molar-refractivity contribution in [2.75, 3.05) is 18.8 Å². The second-order valence-corrected chi connectivity index (χ2v) is 8.55. The molecule has 1 unspecified atom stereocenters. The number of para-hydroxylation sites is 1. The van der Waals surface area contributed by atoms with Gasteiger partial charge in [-0.25, -0.2) is 9.97 Å². The summed E-state index contributed by atoms with van der Waals surface area (Å²) in [5.74, 6) is -0.836. The number of thiophene rings is 1. The smallest absolute Gasteiger partial charge is 0.316 e. The number of alkyl halides is 3. The van der Waals surface area contributed by atoms with Crippen LogP contribution in [0.25, 0.3) is 10.9 Å². The summed E-state index contributed by atoms with van der Waals surface area (Å²) in [7, 11) is 0. The average molecular weight is 460 g/mol. The number of carbonyl (C=O) groups excluding carboxylic acids is 1. The van der Waals surface area contributed by atoms with Crippen LogP contribution in [-0.2, 0) is 6.18 Å². The van der Waals surface area contributed by atoms with E-state index in [2.05, 4.69) is 15.3 Å². The fourth-order valence-corrected chi connectivity index (χ4v) is 5.18. The molecular weight excluding hydrogens is 443 g/mol. The fraction of sp³-hybridized carbons (Fsp3) is 0.316. The van der Waals surface area contributed by atoms with Crippen molar-refractivity contribution in [3.8, 4) is 0 Å². The van der Waals surface area contributed by atoms with E-state index in [0.29, 0.717) is 16.2 Å². The fourth-order valence-electron chi connectivity index (χ4n) is 3.11. The maximum Gasteiger partial charge on any atom is 0.451 e. The molecule has 0 radical (unpaired) electrons. The van der Waals surface area contributed by atoms with E-state index in [9.17, 15) is 18.0 Å². The topological polar surface area (TPSA) is 54.9 Å². The summed E-state index contributed by atoms with van der Waals surface area (Å²) >= 11 is 2.49. The van der Waals surface area contributed by atoms with Gasteiger partial charge in [-0.15, -0.1) is 23.7 Å². The molecule has 29 heavy (non-hydrogen) atoms. The van der Waals surface area contributed by atoms with Crippen LogP contribution < -0.4 is 5.32 Å². The lowest BCUT2D eigenvalue weighted by Crippen LogP contribution is -2.12. The zero-order valence-electron chi connectivity index (χ0n) is 15.0. The Bertz CT molecular complexity index is 1020. The van der Waals surface area contributed by atoms with Crippen LogP contribution in [0.2, 0.25) is 0 Å². The number of ketones is 1.